The first-order valence-corrected chi connectivity index (χ1v) is 5.43. The van der Waals surface area contributed by atoms with Gasteiger partial charge in [0.2, 0.25) is 0 Å². The molecule has 0 aliphatic carbocycles. The molecule has 5 heteroatoms. The van der Waals surface area contributed by atoms with Gasteiger partial charge in [0.05, 0.1) is 5.75 Å². The first-order chi connectivity index (χ1) is 5.17. The molecule has 0 heterocycles. The highest BCUT2D eigenvalue weighted by Gasteiger charge is 2.27. The van der Waals surface area contributed by atoms with E-state index in [1.165, 1.54) is 0 Å². The van der Waals surface area contributed by atoms with Gasteiger partial charge in [0, 0.05) is 0 Å². The van der Waals surface area contributed by atoms with Crippen LogP contribution in [0.4, 0.5) is 0 Å². The summed E-state index contributed by atoms with van der Waals surface area (Å²) in [7, 11) is -3.90. The Morgan fingerprint density at radius 3 is 1.92 bits per heavy atom. The molecule has 0 saturated heterocycles. The summed E-state index contributed by atoms with van der Waals surface area (Å²) in [6.45, 7) is 5.96. The second kappa shape index (κ2) is 3.72. The monoisotopic (exact) mass is 195 g/mol. The Labute approximate surface area is 73.9 Å². The van der Waals surface area contributed by atoms with Gasteiger partial charge in [0.25, 0.3) is 10.1 Å². The van der Waals surface area contributed by atoms with E-state index in [2.05, 4.69) is 0 Å². The lowest BCUT2D eigenvalue weighted by Gasteiger charge is -2.28. The van der Waals surface area contributed by atoms with Gasteiger partial charge in [-0.1, -0.05) is 20.8 Å². The van der Waals surface area contributed by atoms with Crippen LogP contribution in [0.2, 0.25) is 0 Å². The molecule has 3 N–H and O–H groups in total. The highest BCUT2D eigenvalue weighted by Crippen LogP contribution is 2.25. The van der Waals surface area contributed by atoms with Crippen LogP contribution in [0.15, 0.2) is 0 Å². The molecule has 0 fully saturated rings. The average molecular weight is 195 g/mol. The second-order valence-electron chi connectivity index (χ2n) is 4.05. The van der Waals surface area contributed by atoms with E-state index in [1.54, 1.807) is 0 Å². The van der Waals surface area contributed by atoms with Gasteiger partial charge in [-0.2, -0.15) is 8.42 Å². The average Bonchev–Trinajstić information content (AvgIpc) is 1.78. The fourth-order valence-corrected chi connectivity index (χ4v) is 2.07. The molecule has 0 spiro atoms. The van der Waals surface area contributed by atoms with Crippen molar-refractivity contribution in [3.8, 4) is 0 Å². The van der Waals surface area contributed by atoms with Crippen LogP contribution in [0.1, 0.15) is 20.8 Å². The Bertz CT molecular complexity index is 228. The van der Waals surface area contributed by atoms with E-state index in [9.17, 15) is 8.42 Å². The van der Waals surface area contributed by atoms with Crippen molar-refractivity contribution in [1.29, 1.82) is 0 Å². The van der Waals surface area contributed by atoms with Gasteiger partial charge in [-0.05, 0) is 17.9 Å². The SMILES string of the molecule is CC(C)(C)C(CN)CS(=O)(=O)O. The summed E-state index contributed by atoms with van der Waals surface area (Å²) in [6, 6.07) is 0. The van der Waals surface area contributed by atoms with Crippen molar-refractivity contribution in [2.75, 3.05) is 12.3 Å². The number of rotatable bonds is 3. The minimum Gasteiger partial charge on any atom is -0.330 e. The Hall–Kier alpha value is -0.130. The summed E-state index contributed by atoms with van der Waals surface area (Å²) >= 11 is 0. The zero-order valence-electron chi connectivity index (χ0n) is 7.74. The summed E-state index contributed by atoms with van der Waals surface area (Å²) in [5.41, 5.74) is 5.20. The molecule has 0 rings (SSSR count). The maximum Gasteiger partial charge on any atom is 0.265 e. The van der Waals surface area contributed by atoms with E-state index in [4.69, 9.17) is 10.3 Å². The van der Waals surface area contributed by atoms with Gasteiger partial charge in [-0.25, -0.2) is 0 Å². The summed E-state index contributed by atoms with van der Waals surface area (Å²) in [5.74, 6) is -0.458. The molecule has 0 aliphatic heterocycles. The predicted octanol–water partition coefficient (Wildman–Crippen LogP) is 0.495. The van der Waals surface area contributed by atoms with E-state index in [0.29, 0.717) is 0 Å². The van der Waals surface area contributed by atoms with Crippen LogP contribution in [0.5, 0.6) is 0 Å². The van der Waals surface area contributed by atoms with Crippen LogP contribution in [0.3, 0.4) is 0 Å². The van der Waals surface area contributed by atoms with Crippen LogP contribution in [0.25, 0.3) is 0 Å². The van der Waals surface area contributed by atoms with Crippen molar-refractivity contribution >= 4 is 10.1 Å². The fourth-order valence-electron chi connectivity index (χ4n) is 0.926. The summed E-state index contributed by atoms with van der Waals surface area (Å²) in [5, 5.41) is 0. The maximum absolute atomic E-state index is 10.5. The Morgan fingerprint density at radius 1 is 1.42 bits per heavy atom. The number of hydrogen-bond acceptors (Lipinski definition) is 3. The van der Waals surface area contributed by atoms with Crippen LogP contribution in [-0.4, -0.2) is 25.3 Å². The highest BCUT2D eigenvalue weighted by atomic mass is 32.2. The van der Waals surface area contributed by atoms with Crippen molar-refractivity contribution in [2.24, 2.45) is 17.1 Å². The first kappa shape index (κ1) is 11.9. The molecule has 0 aliphatic rings. The molecule has 4 nitrogen and oxygen atoms in total. The van der Waals surface area contributed by atoms with Gasteiger partial charge in [-0.15, -0.1) is 0 Å². The molecule has 0 aromatic heterocycles. The molecule has 74 valence electrons. The van der Waals surface area contributed by atoms with E-state index in [-0.39, 0.29) is 23.6 Å². The number of nitrogens with two attached hydrogens (primary N) is 1. The van der Waals surface area contributed by atoms with Crippen molar-refractivity contribution < 1.29 is 13.0 Å². The third-order valence-corrected chi connectivity index (χ3v) is 2.74. The lowest BCUT2D eigenvalue weighted by atomic mass is 9.82. The van der Waals surface area contributed by atoms with E-state index < -0.39 is 10.1 Å². The van der Waals surface area contributed by atoms with Gasteiger partial charge >= 0.3 is 0 Å². The smallest absolute Gasteiger partial charge is 0.265 e. The topological polar surface area (TPSA) is 80.4 Å². The van der Waals surface area contributed by atoms with Gasteiger partial charge < -0.3 is 5.73 Å². The quantitative estimate of drug-likeness (QED) is 0.642. The summed E-state index contributed by atoms with van der Waals surface area (Å²) in [4.78, 5) is 0. The molecule has 0 radical (unpaired) electrons. The van der Waals surface area contributed by atoms with Gasteiger partial charge in [0.15, 0.2) is 0 Å². The molecule has 0 amide bonds. The largest absolute Gasteiger partial charge is 0.330 e. The molecule has 0 aromatic rings. The maximum atomic E-state index is 10.5. The zero-order chi connectivity index (χ0) is 9.99. The Kier molecular flexibility index (Phi) is 3.68. The first-order valence-electron chi connectivity index (χ1n) is 3.82. The van der Waals surface area contributed by atoms with Crippen molar-refractivity contribution in [2.45, 2.75) is 20.8 Å². The molecule has 0 bridgehead atoms. The molecule has 12 heavy (non-hydrogen) atoms. The molecule has 1 unspecified atom stereocenters. The minimum absolute atomic E-state index is 0.190. The molecule has 0 saturated carbocycles. The molecule has 0 aromatic carbocycles. The third kappa shape index (κ3) is 4.69. The van der Waals surface area contributed by atoms with E-state index in [1.807, 2.05) is 20.8 Å². The second-order valence-corrected chi connectivity index (χ2v) is 5.54. The standard InChI is InChI=1S/C7H17NO3S/c1-7(2,3)6(4-8)5-12(9,10)11/h6H,4-5,8H2,1-3H3,(H,9,10,11). The van der Waals surface area contributed by atoms with Crippen LogP contribution < -0.4 is 5.73 Å². The lowest BCUT2D eigenvalue weighted by Crippen LogP contribution is -2.33. The van der Waals surface area contributed by atoms with Crippen molar-refractivity contribution in [1.82, 2.24) is 0 Å². The predicted molar refractivity (Wildman–Crippen MR) is 48.4 cm³/mol. The summed E-state index contributed by atoms with van der Waals surface area (Å²) < 4.78 is 29.7. The summed E-state index contributed by atoms with van der Waals surface area (Å²) in [6.07, 6.45) is 0. The Balaban J connectivity index is 4.41. The molecular weight excluding hydrogens is 178 g/mol. The highest BCUT2D eigenvalue weighted by molar-refractivity contribution is 7.85. The van der Waals surface area contributed by atoms with Gasteiger partial charge in [0.1, 0.15) is 0 Å². The van der Waals surface area contributed by atoms with Gasteiger partial charge in [-0.3, -0.25) is 4.55 Å². The van der Waals surface area contributed by atoms with Crippen LogP contribution in [0, 0.1) is 11.3 Å². The molecular formula is C7H17NO3S. The van der Waals surface area contributed by atoms with E-state index >= 15 is 0 Å². The Morgan fingerprint density at radius 2 is 1.83 bits per heavy atom. The van der Waals surface area contributed by atoms with E-state index in [0.717, 1.165) is 0 Å². The lowest BCUT2D eigenvalue weighted by molar-refractivity contribution is 0.266. The van der Waals surface area contributed by atoms with Crippen LogP contribution in [-0.2, 0) is 10.1 Å². The number of hydrogen-bond donors (Lipinski definition) is 2. The third-order valence-electron chi connectivity index (χ3n) is 1.92. The van der Waals surface area contributed by atoms with Crippen molar-refractivity contribution in [3.05, 3.63) is 0 Å². The van der Waals surface area contributed by atoms with Crippen LogP contribution >= 0.6 is 0 Å². The van der Waals surface area contributed by atoms with Crippen molar-refractivity contribution in [3.63, 3.8) is 0 Å². The minimum atomic E-state index is -3.90. The zero-order valence-corrected chi connectivity index (χ0v) is 8.56. The molecule has 1 atom stereocenters. The fraction of sp³-hybridized carbons (Fsp3) is 1.00. The normalized spacial score (nSPS) is 16.1.